The quantitative estimate of drug-likeness (QED) is 0.516. The smallest absolute Gasteiger partial charge is 0.178 e. The Balaban J connectivity index is 1.39. The number of rotatable bonds is 4. The van der Waals surface area contributed by atoms with E-state index in [1.807, 2.05) is 18.2 Å². The van der Waals surface area contributed by atoms with Gasteiger partial charge in [-0.3, -0.25) is 0 Å². The van der Waals surface area contributed by atoms with Crippen molar-refractivity contribution in [2.75, 3.05) is 5.75 Å². The third kappa shape index (κ3) is 3.93. The highest BCUT2D eigenvalue weighted by Crippen LogP contribution is 2.65. The van der Waals surface area contributed by atoms with Crippen molar-refractivity contribution in [3.8, 4) is 0 Å². The summed E-state index contributed by atoms with van der Waals surface area (Å²) in [7, 11) is -3.26. The first-order valence-corrected chi connectivity index (χ1v) is 15.0. The van der Waals surface area contributed by atoms with Gasteiger partial charge in [0.1, 0.15) is 0 Å². The van der Waals surface area contributed by atoms with Crippen molar-refractivity contribution in [1.82, 2.24) is 0 Å². The monoisotopic (exact) mass is 470 g/mol. The van der Waals surface area contributed by atoms with Crippen LogP contribution in [0.15, 0.2) is 46.9 Å². The van der Waals surface area contributed by atoms with E-state index in [0.717, 1.165) is 31.6 Å². The molecule has 8 atom stereocenters. The molecule has 0 amide bonds. The molecule has 1 unspecified atom stereocenters. The first-order valence-electron chi connectivity index (χ1n) is 13.3. The molecular formula is C29H42O3S. The Bertz CT molecular complexity index is 999. The van der Waals surface area contributed by atoms with Gasteiger partial charge in [0.25, 0.3) is 0 Å². The molecule has 33 heavy (non-hydrogen) atoms. The highest BCUT2D eigenvalue weighted by atomic mass is 32.2. The van der Waals surface area contributed by atoms with Crippen molar-refractivity contribution in [2.45, 2.75) is 89.6 Å². The predicted molar refractivity (Wildman–Crippen MR) is 133 cm³/mol. The molecule has 3 saturated carbocycles. The fourth-order valence-electron chi connectivity index (χ4n) is 9.00. The summed E-state index contributed by atoms with van der Waals surface area (Å²) in [5.74, 6) is 3.05. The maximum atomic E-state index is 13.2. The van der Waals surface area contributed by atoms with Crippen molar-refractivity contribution < 1.29 is 13.5 Å². The topological polar surface area (TPSA) is 54.4 Å². The highest BCUT2D eigenvalue weighted by molar-refractivity contribution is 7.91. The van der Waals surface area contributed by atoms with Gasteiger partial charge in [0.15, 0.2) is 9.84 Å². The minimum Gasteiger partial charge on any atom is -0.393 e. The molecule has 0 radical (unpaired) electrons. The summed E-state index contributed by atoms with van der Waals surface area (Å²) >= 11 is 0. The zero-order chi connectivity index (χ0) is 23.4. The molecule has 1 N–H and O–H groups in total. The SMILES string of the molecule is C[C@H](CS(=O)(=O)c1ccccc1)C1CCC[C@H]2[C@@H]3CC=C4C[C@@H](O)CC[C@]4(C)[C@H]3CC[C@]12C. The number of fused-ring (bicyclic) bond motifs is 5. The fraction of sp³-hybridized carbons (Fsp3) is 0.724. The van der Waals surface area contributed by atoms with E-state index in [2.05, 4.69) is 26.8 Å². The van der Waals surface area contributed by atoms with E-state index in [-0.39, 0.29) is 28.6 Å². The van der Waals surface area contributed by atoms with Crippen LogP contribution in [0.4, 0.5) is 0 Å². The normalized spacial score (nSPS) is 41.8. The number of aliphatic hydroxyl groups excluding tert-OH is 1. The fourth-order valence-corrected chi connectivity index (χ4v) is 10.7. The maximum absolute atomic E-state index is 13.2. The number of benzene rings is 1. The van der Waals surface area contributed by atoms with E-state index in [4.69, 9.17) is 0 Å². The highest BCUT2D eigenvalue weighted by Gasteiger charge is 2.57. The van der Waals surface area contributed by atoms with Crippen LogP contribution in [-0.4, -0.2) is 25.4 Å². The second-order valence-corrected chi connectivity index (χ2v) is 14.3. The molecule has 0 spiro atoms. The molecule has 0 saturated heterocycles. The standard InChI is InChI=1S/C29H42O3S/c1-20(19-33(31,32)23-8-5-4-6-9-23)25-10-7-11-26-24-13-12-21-18-22(30)14-16-28(21,2)27(24)15-17-29(25,26)3/h4-6,8-9,12,20,22,24-27,30H,7,10-11,13-19H2,1-3H3/t20-,22+,24+,25?,26+,27+,28+,29-/m1/s1. The second-order valence-electron chi connectivity index (χ2n) is 12.3. The summed E-state index contributed by atoms with van der Waals surface area (Å²) in [6.45, 7) is 7.20. The lowest BCUT2D eigenvalue weighted by atomic mass is 9.43. The Morgan fingerprint density at radius 2 is 1.79 bits per heavy atom. The molecule has 5 rings (SSSR count). The number of sulfone groups is 1. The average Bonchev–Trinajstić information content (AvgIpc) is 2.79. The van der Waals surface area contributed by atoms with Crippen LogP contribution >= 0.6 is 0 Å². The Hall–Kier alpha value is -1.13. The minimum atomic E-state index is -3.26. The Morgan fingerprint density at radius 3 is 2.55 bits per heavy atom. The van der Waals surface area contributed by atoms with Crippen molar-refractivity contribution in [1.29, 1.82) is 0 Å². The molecule has 1 aromatic carbocycles. The third-order valence-corrected chi connectivity index (χ3v) is 12.6. The number of hydrogen-bond donors (Lipinski definition) is 1. The van der Waals surface area contributed by atoms with Gasteiger partial charge in [-0.1, -0.05) is 57.0 Å². The van der Waals surface area contributed by atoms with Gasteiger partial charge in [-0.15, -0.1) is 0 Å². The second kappa shape index (κ2) is 8.52. The zero-order valence-electron chi connectivity index (χ0n) is 20.7. The Labute approximate surface area is 201 Å². The molecule has 0 aliphatic heterocycles. The van der Waals surface area contributed by atoms with Gasteiger partial charge in [-0.25, -0.2) is 8.42 Å². The van der Waals surface area contributed by atoms with E-state index in [0.29, 0.717) is 22.6 Å². The predicted octanol–water partition coefficient (Wildman–Crippen LogP) is 6.43. The molecule has 3 fully saturated rings. The molecule has 0 heterocycles. The summed E-state index contributed by atoms with van der Waals surface area (Å²) in [6.07, 6.45) is 12.6. The van der Waals surface area contributed by atoms with Gasteiger partial charge >= 0.3 is 0 Å². The molecular weight excluding hydrogens is 428 g/mol. The van der Waals surface area contributed by atoms with Crippen LogP contribution in [0.1, 0.15) is 78.6 Å². The summed E-state index contributed by atoms with van der Waals surface area (Å²) in [5, 5.41) is 10.3. The summed E-state index contributed by atoms with van der Waals surface area (Å²) in [6, 6.07) is 9.02. The number of allylic oxidation sites excluding steroid dienone is 1. The Morgan fingerprint density at radius 1 is 1.03 bits per heavy atom. The van der Waals surface area contributed by atoms with E-state index >= 15 is 0 Å². The van der Waals surface area contributed by atoms with Crippen LogP contribution in [0.3, 0.4) is 0 Å². The van der Waals surface area contributed by atoms with Crippen LogP contribution in [0.25, 0.3) is 0 Å². The molecule has 4 heteroatoms. The molecule has 1 aromatic rings. The maximum Gasteiger partial charge on any atom is 0.178 e. The number of hydrogen-bond acceptors (Lipinski definition) is 3. The molecule has 0 bridgehead atoms. The lowest BCUT2D eigenvalue weighted by Gasteiger charge is -2.62. The van der Waals surface area contributed by atoms with Crippen molar-refractivity contribution in [3.63, 3.8) is 0 Å². The Kier molecular flexibility index (Phi) is 6.09. The largest absolute Gasteiger partial charge is 0.393 e. The van der Waals surface area contributed by atoms with E-state index in [9.17, 15) is 13.5 Å². The molecule has 182 valence electrons. The van der Waals surface area contributed by atoms with Crippen molar-refractivity contribution in [3.05, 3.63) is 42.0 Å². The first-order chi connectivity index (χ1) is 15.6. The summed E-state index contributed by atoms with van der Waals surface area (Å²) < 4.78 is 26.4. The van der Waals surface area contributed by atoms with Gasteiger partial charge < -0.3 is 5.11 Å². The molecule has 4 aliphatic carbocycles. The van der Waals surface area contributed by atoms with Crippen LogP contribution in [0.5, 0.6) is 0 Å². The summed E-state index contributed by atoms with van der Waals surface area (Å²) in [4.78, 5) is 0.468. The minimum absolute atomic E-state index is 0.152. The van der Waals surface area contributed by atoms with E-state index in [1.165, 1.54) is 37.7 Å². The van der Waals surface area contributed by atoms with Crippen LogP contribution in [0, 0.1) is 40.4 Å². The van der Waals surface area contributed by atoms with Crippen molar-refractivity contribution in [2.24, 2.45) is 40.4 Å². The van der Waals surface area contributed by atoms with Crippen molar-refractivity contribution >= 4 is 9.84 Å². The molecule has 4 aliphatic rings. The van der Waals surface area contributed by atoms with Crippen LogP contribution < -0.4 is 0 Å². The average molecular weight is 471 g/mol. The lowest BCUT2D eigenvalue weighted by Crippen LogP contribution is -2.55. The van der Waals surface area contributed by atoms with E-state index < -0.39 is 9.84 Å². The van der Waals surface area contributed by atoms with Crippen LogP contribution in [-0.2, 0) is 9.84 Å². The molecule has 0 aromatic heterocycles. The van der Waals surface area contributed by atoms with Gasteiger partial charge in [-0.05, 0) is 104 Å². The van der Waals surface area contributed by atoms with Gasteiger partial charge in [-0.2, -0.15) is 0 Å². The first kappa shape index (κ1) is 23.6. The van der Waals surface area contributed by atoms with Gasteiger partial charge in [0.05, 0.1) is 16.8 Å². The third-order valence-electron chi connectivity index (χ3n) is 10.7. The zero-order valence-corrected chi connectivity index (χ0v) is 21.5. The van der Waals surface area contributed by atoms with Gasteiger partial charge in [0.2, 0.25) is 0 Å². The van der Waals surface area contributed by atoms with Gasteiger partial charge in [0, 0.05) is 0 Å². The molecule has 3 nitrogen and oxygen atoms in total. The van der Waals surface area contributed by atoms with E-state index in [1.54, 1.807) is 12.1 Å². The van der Waals surface area contributed by atoms with Crippen LogP contribution in [0.2, 0.25) is 0 Å². The summed E-state index contributed by atoms with van der Waals surface area (Å²) in [5.41, 5.74) is 2.03. The number of aliphatic hydroxyl groups is 1. The lowest BCUT2D eigenvalue weighted by molar-refractivity contribution is -0.107.